The molecule has 7 heteroatoms. The van der Waals surface area contributed by atoms with Crippen LogP contribution < -0.4 is 16.4 Å². The fourth-order valence-electron chi connectivity index (χ4n) is 2.77. The molecule has 1 aromatic rings. The SMILES string of the molecule is CC(N)C(=O)Nc1ccc(NC(=O)CN2CCCCCCC2)cc1.Cl. The third-order valence-electron chi connectivity index (χ3n) is 4.17. The highest BCUT2D eigenvalue weighted by Gasteiger charge is 2.12. The smallest absolute Gasteiger partial charge is 0.240 e. The number of carbonyl (C=O) groups excluding carboxylic acids is 2. The van der Waals surface area contributed by atoms with Crippen LogP contribution in [-0.2, 0) is 9.59 Å². The maximum absolute atomic E-state index is 12.2. The monoisotopic (exact) mass is 368 g/mol. The van der Waals surface area contributed by atoms with Crippen LogP contribution in [0.1, 0.15) is 39.0 Å². The summed E-state index contributed by atoms with van der Waals surface area (Å²) >= 11 is 0. The van der Waals surface area contributed by atoms with E-state index in [0.717, 1.165) is 18.8 Å². The largest absolute Gasteiger partial charge is 0.325 e. The van der Waals surface area contributed by atoms with Crippen molar-refractivity contribution in [2.75, 3.05) is 30.3 Å². The summed E-state index contributed by atoms with van der Waals surface area (Å²) in [5.74, 6) is -0.230. The minimum atomic E-state index is -0.554. The Morgan fingerprint density at radius 2 is 1.48 bits per heavy atom. The van der Waals surface area contributed by atoms with E-state index in [1.807, 2.05) is 0 Å². The number of rotatable bonds is 5. The number of nitrogens with two attached hydrogens (primary N) is 1. The highest BCUT2D eigenvalue weighted by Crippen LogP contribution is 2.14. The Bertz CT molecular complexity index is 541. The van der Waals surface area contributed by atoms with Gasteiger partial charge in [0.1, 0.15) is 0 Å². The third-order valence-corrected chi connectivity index (χ3v) is 4.17. The second-order valence-corrected chi connectivity index (χ2v) is 6.45. The number of anilines is 2. The zero-order valence-corrected chi connectivity index (χ0v) is 15.6. The molecule has 0 aliphatic carbocycles. The first kappa shape index (κ1) is 21.4. The van der Waals surface area contributed by atoms with Gasteiger partial charge in [0, 0.05) is 11.4 Å². The molecule has 0 saturated carbocycles. The molecule has 4 N–H and O–H groups in total. The molecule has 1 aliphatic heterocycles. The Labute approximate surface area is 155 Å². The van der Waals surface area contributed by atoms with Crippen LogP contribution in [0.2, 0.25) is 0 Å². The summed E-state index contributed by atoms with van der Waals surface area (Å²) < 4.78 is 0. The molecule has 140 valence electrons. The number of nitrogens with zero attached hydrogens (tertiary/aromatic N) is 1. The highest BCUT2D eigenvalue weighted by molar-refractivity contribution is 5.95. The molecule has 1 atom stereocenters. The van der Waals surface area contributed by atoms with Crippen LogP contribution >= 0.6 is 12.4 Å². The Kier molecular flexibility index (Phi) is 9.49. The van der Waals surface area contributed by atoms with Gasteiger partial charge in [0.15, 0.2) is 0 Å². The van der Waals surface area contributed by atoms with Crippen LogP contribution in [0, 0.1) is 0 Å². The molecule has 1 aromatic carbocycles. The lowest BCUT2D eigenvalue weighted by Crippen LogP contribution is -2.35. The van der Waals surface area contributed by atoms with Gasteiger partial charge in [0.05, 0.1) is 12.6 Å². The van der Waals surface area contributed by atoms with Crippen LogP contribution in [0.5, 0.6) is 0 Å². The van der Waals surface area contributed by atoms with Crippen molar-refractivity contribution in [3.05, 3.63) is 24.3 Å². The number of nitrogens with one attached hydrogen (secondary N) is 2. The molecule has 0 bridgehead atoms. The van der Waals surface area contributed by atoms with Gasteiger partial charge in [-0.25, -0.2) is 0 Å². The standard InChI is InChI=1S/C18H28N4O2.ClH/c1-14(19)18(24)21-16-9-7-15(8-10-16)20-17(23)13-22-11-5-3-2-4-6-12-22;/h7-10,14H,2-6,11-13,19H2,1H3,(H,20,23)(H,21,24);1H. The Balaban J connectivity index is 0.00000312. The van der Waals surface area contributed by atoms with E-state index in [1.165, 1.54) is 32.1 Å². The summed E-state index contributed by atoms with van der Waals surface area (Å²) in [6.07, 6.45) is 6.16. The lowest BCUT2D eigenvalue weighted by Gasteiger charge is -2.23. The molecular weight excluding hydrogens is 340 g/mol. The summed E-state index contributed by atoms with van der Waals surface area (Å²) in [5.41, 5.74) is 6.91. The van der Waals surface area contributed by atoms with E-state index in [9.17, 15) is 9.59 Å². The Morgan fingerprint density at radius 1 is 1.00 bits per heavy atom. The molecule has 0 aromatic heterocycles. The lowest BCUT2D eigenvalue weighted by atomic mass is 10.1. The van der Waals surface area contributed by atoms with E-state index in [-0.39, 0.29) is 24.2 Å². The van der Waals surface area contributed by atoms with E-state index in [2.05, 4.69) is 15.5 Å². The first-order valence-electron chi connectivity index (χ1n) is 8.73. The van der Waals surface area contributed by atoms with Gasteiger partial charge in [-0.15, -0.1) is 12.4 Å². The molecule has 0 radical (unpaired) electrons. The third kappa shape index (κ3) is 7.86. The first-order valence-corrected chi connectivity index (χ1v) is 8.73. The number of halogens is 1. The molecule has 1 fully saturated rings. The zero-order chi connectivity index (χ0) is 17.4. The minimum absolute atomic E-state index is 0. The molecule has 1 unspecified atom stereocenters. The molecule has 1 aliphatic rings. The summed E-state index contributed by atoms with van der Waals surface area (Å²) in [4.78, 5) is 26.0. The average Bonchev–Trinajstić information content (AvgIpc) is 2.51. The lowest BCUT2D eigenvalue weighted by molar-refractivity contribution is -0.118. The number of benzene rings is 1. The maximum Gasteiger partial charge on any atom is 0.240 e. The van der Waals surface area contributed by atoms with Crippen molar-refractivity contribution < 1.29 is 9.59 Å². The van der Waals surface area contributed by atoms with Crippen molar-refractivity contribution >= 4 is 35.6 Å². The molecule has 1 saturated heterocycles. The quantitative estimate of drug-likeness (QED) is 0.745. The summed E-state index contributed by atoms with van der Waals surface area (Å²) in [7, 11) is 0. The van der Waals surface area contributed by atoms with Crippen molar-refractivity contribution in [2.45, 2.75) is 45.1 Å². The number of likely N-dealkylation sites (tertiary alicyclic amines) is 1. The van der Waals surface area contributed by atoms with E-state index >= 15 is 0 Å². The normalized spacial score (nSPS) is 16.7. The molecule has 6 nitrogen and oxygen atoms in total. The summed E-state index contributed by atoms with van der Waals surface area (Å²) in [6.45, 7) is 4.06. The second kappa shape index (κ2) is 11.1. The van der Waals surface area contributed by atoms with Crippen LogP contribution in [0.15, 0.2) is 24.3 Å². The van der Waals surface area contributed by atoms with Gasteiger partial charge >= 0.3 is 0 Å². The van der Waals surface area contributed by atoms with Gasteiger partial charge in [0.2, 0.25) is 11.8 Å². The van der Waals surface area contributed by atoms with E-state index in [1.54, 1.807) is 31.2 Å². The van der Waals surface area contributed by atoms with Crippen LogP contribution in [-0.4, -0.2) is 42.4 Å². The van der Waals surface area contributed by atoms with Gasteiger partial charge in [-0.3, -0.25) is 14.5 Å². The fraction of sp³-hybridized carbons (Fsp3) is 0.556. The average molecular weight is 369 g/mol. The van der Waals surface area contributed by atoms with E-state index in [4.69, 9.17) is 5.73 Å². The molecular formula is C18H29ClN4O2. The van der Waals surface area contributed by atoms with Crippen molar-refractivity contribution in [3.8, 4) is 0 Å². The van der Waals surface area contributed by atoms with Crippen molar-refractivity contribution in [1.82, 2.24) is 4.90 Å². The van der Waals surface area contributed by atoms with Crippen LogP contribution in [0.25, 0.3) is 0 Å². The molecule has 2 amide bonds. The number of amides is 2. The molecule has 1 heterocycles. The second-order valence-electron chi connectivity index (χ2n) is 6.45. The predicted molar refractivity (Wildman–Crippen MR) is 104 cm³/mol. The first-order chi connectivity index (χ1) is 11.5. The summed E-state index contributed by atoms with van der Waals surface area (Å²) in [6, 6.07) is 6.52. The van der Waals surface area contributed by atoms with Crippen molar-refractivity contribution in [1.29, 1.82) is 0 Å². The Morgan fingerprint density at radius 3 is 2.00 bits per heavy atom. The molecule has 2 rings (SSSR count). The van der Waals surface area contributed by atoms with Crippen LogP contribution in [0.3, 0.4) is 0 Å². The van der Waals surface area contributed by atoms with Crippen molar-refractivity contribution in [2.24, 2.45) is 5.73 Å². The summed E-state index contributed by atoms with van der Waals surface area (Å²) in [5, 5.41) is 5.63. The molecule has 0 spiro atoms. The Hall–Kier alpha value is -1.63. The fourth-order valence-corrected chi connectivity index (χ4v) is 2.77. The van der Waals surface area contributed by atoms with Gasteiger partial charge in [-0.05, 0) is 57.1 Å². The zero-order valence-electron chi connectivity index (χ0n) is 14.8. The number of hydrogen-bond acceptors (Lipinski definition) is 4. The molecule has 25 heavy (non-hydrogen) atoms. The number of carbonyl (C=O) groups is 2. The van der Waals surface area contributed by atoms with Crippen molar-refractivity contribution in [3.63, 3.8) is 0 Å². The number of hydrogen-bond donors (Lipinski definition) is 3. The van der Waals surface area contributed by atoms with Gasteiger partial charge in [-0.1, -0.05) is 19.3 Å². The van der Waals surface area contributed by atoms with Gasteiger partial charge < -0.3 is 16.4 Å². The topological polar surface area (TPSA) is 87.5 Å². The maximum atomic E-state index is 12.2. The minimum Gasteiger partial charge on any atom is -0.325 e. The van der Waals surface area contributed by atoms with E-state index in [0.29, 0.717) is 12.2 Å². The highest BCUT2D eigenvalue weighted by atomic mass is 35.5. The van der Waals surface area contributed by atoms with E-state index < -0.39 is 6.04 Å². The van der Waals surface area contributed by atoms with Gasteiger partial charge in [-0.2, -0.15) is 0 Å². The van der Waals surface area contributed by atoms with Crippen LogP contribution in [0.4, 0.5) is 11.4 Å². The van der Waals surface area contributed by atoms with Gasteiger partial charge in [0.25, 0.3) is 0 Å². The predicted octanol–water partition coefficient (Wildman–Crippen LogP) is 2.60.